The number of rotatable bonds is 8. The second-order valence-corrected chi connectivity index (χ2v) is 8.37. The third kappa shape index (κ3) is 5.83. The van der Waals surface area contributed by atoms with E-state index in [4.69, 9.17) is 0 Å². The molecule has 1 saturated carbocycles. The van der Waals surface area contributed by atoms with Gasteiger partial charge in [-0.25, -0.2) is 0 Å². The van der Waals surface area contributed by atoms with Gasteiger partial charge in [0.1, 0.15) is 0 Å². The average molecular weight is 444 g/mol. The first-order valence-electron chi connectivity index (χ1n) is 10.9. The van der Waals surface area contributed by atoms with E-state index in [1.54, 1.807) is 4.90 Å². The Morgan fingerprint density at radius 1 is 1.00 bits per heavy atom. The zero-order chi connectivity index (χ0) is 23.4. The van der Waals surface area contributed by atoms with Gasteiger partial charge in [-0.15, -0.1) is 0 Å². The van der Waals surface area contributed by atoms with E-state index in [0.717, 1.165) is 29.5 Å². The Bertz CT molecular complexity index is 1170. The summed E-state index contributed by atoms with van der Waals surface area (Å²) in [4.78, 5) is 37.8. The van der Waals surface area contributed by atoms with Crippen molar-refractivity contribution in [1.29, 1.82) is 0 Å². The summed E-state index contributed by atoms with van der Waals surface area (Å²) in [6.45, 7) is 2.33. The van der Waals surface area contributed by atoms with Gasteiger partial charge in [-0.3, -0.25) is 19.7 Å². The molecule has 0 radical (unpaired) electrons. The minimum Gasteiger partial charge on any atom is -0.353 e. The maximum absolute atomic E-state index is 13.5. The number of hydrogen-bond donors (Lipinski definition) is 1. The van der Waals surface area contributed by atoms with Gasteiger partial charge in [0, 0.05) is 29.4 Å². The number of non-ortho nitro benzene ring substituents is 1. The Labute approximate surface area is 192 Å². The minimum absolute atomic E-state index is 0.0265. The van der Waals surface area contributed by atoms with Crippen molar-refractivity contribution >= 4 is 23.2 Å². The Morgan fingerprint density at radius 3 is 2.33 bits per heavy atom. The molecule has 4 rings (SSSR count). The molecule has 0 spiro atoms. The van der Waals surface area contributed by atoms with Crippen LogP contribution in [0.15, 0.2) is 72.8 Å². The van der Waals surface area contributed by atoms with Crippen LogP contribution in [0.3, 0.4) is 0 Å². The highest BCUT2D eigenvalue weighted by Gasteiger charge is 2.24. The highest BCUT2D eigenvalue weighted by Crippen LogP contribution is 2.24. The molecule has 3 aromatic carbocycles. The molecule has 2 amide bonds. The summed E-state index contributed by atoms with van der Waals surface area (Å²) in [5.41, 5.74) is 3.83. The van der Waals surface area contributed by atoms with Crippen molar-refractivity contribution in [3.63, 3.8) is 0 Å². The summed E-state index contributed by atoms with van der Waals surface area (Å²) in [5.74, 6) is -0.300. The molecule has 1 aliphatic carbocycles. The predicted octanol–water partition coefficient (Wildman–Crippen LogP) is 4.57. The first kappa shape index (κ1) is 22.2. The van der Waals surface area contributed by atoms with Crippen LogP contribution in [0.2, 0.25) is 0 Å². The van der Waals surface area contributed by atoms with Gasteiger partial charge in [0.25, 0.3) is 11.6 Å². The van der Waals surface area contributed by atoms with Crippen LogP contribution in [-0.4, -0.2) is 22.8 Å². The SMILES string of the molecule is Cc1ccc(CN(C(=O)c2ccc([N+](=O)[O-])cc2)c2cccc(CC(=O)NC3CC3)c2)cc1. The van der Waals surface area contributed by atoms with Crippen molar-refractivity contribution in [2.75, 3.05) is 4.90 Å². The van der Waals surface area contributed by atoms with E-state index < -0.39 is 4.92 Å². The van der Waals surface area contributed by atoms with Crippen molar-refractivity contribution < 1.29 is 14.5 Å². The van der Waals surface area contributed by atoms with Crippen LogP contribution in [0.25, 0.3) is 0 Å². The second kappa shape index (κ2) is 9.65. The Kier molecular flexibility index (Phi) is 6.49. The number of carbonyl (C=O) groups excluding carboxylic acids is 2. The van der Waals surface area contributed by atoms with E-state index in [1.807, 2.05) is 55.5 Å². The number of aryl methyl sites for hydroxylation is 1. The van der Waals surface area contributed by atoms with E-state index in [1.165, 1.54) is 24.3 Å². The molecule has 0 saturated heterocycles. The Balaban J connectivity index is 1.62. The van der Waals surface area contributed by atoms with Crippen LogP contribution in [0.5, 0.6) is 0 Å². The Morgan fingerprint density at radius 2 is 1.70 bits per heavy atom. The van der Waals surface area contributed by atoms with Crippen molar-refractivity contribution in [3.8, 4) is 0 Å². The number of carbonyl (C=O) groups is 2. The second-order valence-electron chi connectivity index (χ2n) is 8.37. The van der Waals surface area contributed by atoms with Crippen molar-refractivity contribution in [3.05, 3.63) is 105 Å². The van der Waals surface area contributed by atoms with Crippen LogP contribution in [-0.2, 0) is 17.8 Å². The van der Waals surface area contributed by atoms with E-state index in [2.05, 4.69) is 5.32 Å². The number of amides is 2. The summed E-state index contributed by atoms with van der Waals surface area (Å²) < 4.78 is 0. The molecule has 0 atom stereocenters. The lowest BCUT2D eigenvalue weighted by Crippen LogP contribution is -2.31. The zero-order valence-corrected chi connectivity index (χ0v) is 18.4. The fourth-order valence-electron chi connectivity index (χ4n) is 3.56. The molecule has 0 heterocycles. The summed E-state index contributed by atoms with van der Waals surface area (Å²) in [6, 6.07) is 21.2. The van der Waals surface area contributed by atoms with Crippen LogP contribution in [0, 0.1) is 17.0 Å². The van der Waals surface area contributed by atoms with Gasteiger partial charge in [0.2, 0.25) is 5.91 Å². The number of nitrogens with one attached hydrogen (secondary N) is 1. The van der Waals surface area contributed by atoms with Gasteiger partial charge < -0.3 is 10.2 Å². The molecular formula is C26H25N3O4. The van der Waals surface area contributed by atoms with Crippen molar-refractivity contribution in [1.82, 2.24) is 5.32 Å². The molecule has 7 nitrogen and oxygen atoms in total. The number of nitro groups is 1. The van der Waals surface area contributed by atoms with Gasteiger partial charge in [0.15, 0.2) is 0 Å². The molecule has 0 unspecified atom stereocenters. The lowest BCUT2D eigenvalue weighted by molar-refractivity contribution is -0.384. The third-order valence-electron chi connectivity index (χ3n) is 5.56. The number of nitrogens with zero attached hydrogens (tertiary/aromatic N) is 2. The lowest BCUT2D eigenvalue weighted by Gasteiger charge is -2.24. The molecule has 1 fully saturated rings. The van der Waals surface area contributed by atoms with Gasteiger partial charge in [-0.05, 0) is 55.2 Å². The number of nitro benzene ring substituents is 1. The largest absolute Gasteiger partial charge is 0.353 e. The molecule has 0 aliphatic heterocycles. The fourth-order valence-corrected chi connectivity index (χ4v) is 3.56. The summed E-state index contributed by atoms with van der Waals surface area (Å²) in [5, 5.41) is 14.0. The van der Waals surface area contributed by atoms with Gasteiger partial charge in [0.05, 0.1) is 17.9 Å². The summed E-state index contributed by atoms with van der Waals surface area (Å²) in [6.07, 6.45) is 2.30. The van der Waals surface area contributed by atoms with Crippen molar-refractivity contribution in [2.45, 2.75) is 38.8 Å². The predicted molar refractivity (Wildman–Crippen MR) is 126 cm³/mol. The van der Waals surface area contributed by atoms with Gasteiger partial charge in [-0.2, -0.15) is 0 Å². The van der Waals surface area contributed by atoms with Gasteiger partial charge >= 0.3 is 0 Å². The maximum Gasteiger partial charge on any atom is 0.269 e. The van der Waals surface area contributed by atoms with E-state index in [0.29, 0.717) is 23.8 Å². The minimum atomic E-state index is -0.492. The topological polar surface area (TPSA) is 92.6 Å². The van der Waals surface area contributed by atoms with Gasteiger partial charge in [-0.1, -0.05) is 42.0 Å². The monoisotopic (exact) mass is 443 g/mol. The number of benzene rings is 3. The summed E-state index contributed by atoms with van der Waals surface area (Å²) in [7, 11) is 0. The molecule has 0 aromatic heterocycles. The quantitative estimate of drug-likeness (QED) is 0.408. The molecule has 0 bridgehead atoms. The normalized spacial score (nSPS) is 12.8. The van der Waals surface area contributed by atoms with Crippen LogP contribution < -0.4 is 10.2 Å². The van der Waals surface area contributed by atoms with E-state index in [9.17, 15) is 19.7 Å². The first-order chi connectivity index (χ1) is 15.9. The standard InChI is InChI=1S/C26H25N3O4/c1-18-5-7-19(8-6-18)17-28(26(31)21-9-13-23(14-10-21)29(32)33)24-4-2-3-20(15-24)16-25(30)27-22-11-12-22/h2-10,13-15,22H,11-12,16-17H2,1H3,(H,27,30). The van der Waals surface area contributed by atoms with Crippen LogP contribution >= 0.6 is 0 Å². The van der Waals surface area contributed by atoms with Crippen LogP contribution in [0.1, 0.15) is 39.9 Å². The molecule has 7 heteroatoms. The van der Waals surface area contributed by atoms with E-state index in [-0.39, 0.29) is 23.9 Å². The van der Waals surface area contributed by atoms with Crippen LogP contribution in [0.4, 0.5) is 11.4 Å². The molecule has 3 aromatic rings. The number of anilines is 1. The molecule has 1 N–H and O–H groups in total. The fraction of sp³-hybridized carbons (Fsp3) is 0.231. The highest BCUT2D eigenvalue weighted by molar-refractivity contribution is 6.06. The van der Waals surface area contributed by atoms with E-state index >= 15 is 0 Å². The molecule has 168 valence electrons. The van der Waals surface area contributed by atoms with Crippen molar-refractivity contribution in [2.24, 2.45) is 0 Å². The zero-order valence-electron chi connectivity index (χ0n) is 18.4. The third-order valence-corrected chi connectivity index (χ3v) is 5.56. The molecule has 33 heavy (non-hydrogen) atoms. The maximum atomic E-state index is 13.5. The Hall–Kier alpha value is -4.00. The average Bonchev–Trinajstić information content (AvgIpc) is 3.62. The highest BCUT2D eigenvalue weighted by atomic mass is 16.6. The summed E-state index contributed by atoms with van der Waals surface area (Å²) >= 11 is 0. The lowest BCUT2D eigenvalue weighted by atomic mass is 10.1. The molecular weight excluding hydrogens is 418 g/mol. The number of hydrogen-bond acceptors (Lipinski definition) is 4. The first-order valence-corrected chi connectivity index (χ1v) is 10.9. The smallest absolute Gasteiger partial charge is 0.269 e. The molecule has 1 aliphatic rings.